The lowest BCUT2D eigenvalue weighted by atomic mass is 10.2. The molecular weight excluding hydrogens is 258 g/mol. The average molecular weight is 272 g/mol. The second-order valence-electron chi connectivity index (χ2n) is 3.77. The fourth-order valence-electron chi connectivity index (χ4n) is 1.60. The summed E-state index contributed by atoms with van der Waals surface area (Å²) in [7, 11) is 0. The summed E-state index contributed by atoms with van der Waals surface area (Å²) >= 11 is 11.1. The molecule has 2 rings (SSSR count). The summed E-state index contributed by atoms with van der Waals surface area (Å²) in [5, 5.41) is 2.69. The van der Waals surface area contributed by atoms with Crippen LogP contribution in [-0.2, 0) is 4.74 Å². The van der Waals surface area contributed by atoms with Crippen LogP contribution in [0.5, 0.6) is 0 Å². The number of rotatable bonds is 3. The van der Waals surface area contributed by atoms with Crippen molar-refractivity contribution in [3.63, 3.8) is 0 Å². The molecule has 1 aromatic carbocycles. The summed E-state index contributed by atoms with van der Waals surface area (Å²) in [4.78, 5) is 0.352. The largest absolute Gasteiger partial charge is 0.389 e. The predicted molar refractivity (Wildman–Crippen MR) is 73.4 cm³/mol. The molecule has 4 nitrogen and oxygen atoms in total. The van der Waals surface area contributed by atoms with Crippen LogP contribution in [0.25, 0.3) is 0 Å². The summed E-state index contributed by atoms with van der Waals surface area (Å²) in [5.74, 6) is 0. The van der Waals surface area contributed by atoms with E-state index >= 15 is 0 Å². The number of anilines is 1. The van der Waals surface area contributed by atoms with Crippen molar-refractivity contribution in [1.82, 2.24) is 5.01 Å². The first-order chi connectivity index (χ1) is 8.16. The average Bonchev–Trinajstić information content (AvgIpc) is 2.33. The molecule has 6 heteroatoms. The van der Waals surface area contributed by atoms with Crippen LogP contribution < -0.4 is 11.2 Å². The Morgan fingerprint density at radius 3 is 2.71 bits per heavy atom. The van der Waals surface area contributed by atoms with Gasteiger partial charge < -0.3 is 15.9 Å². The molecule has 1 saturated heterocycles. The summed E-state index contributed by atoms with van der Waals surface area (Å²) < 4.78 is 5.27. The normalized spacial score (nSPS) is 16.8. The van der Waals surface area contributed by atoms with Gasteiger partial charge in [-0.25, -0.2) is 5.01 Å². The molecule has 0 amide bonds. The maximum absolute atomic E-state index is 6.16. The van der Waals surface area contributed by atoms with Crippen molar-refractivity contribution >= 4 is 34.5 Å². The highest BCUT2D eigenvalue weighted by atomic mass is 35.5. The standard InChI is InChI=1S/C11H14ClN3OS/c12-9-7-8(11(13)17)1-2-10(9)14-15-3-5-16-6-4-15/h1-2,7,14H,3-6H2,(H2,13,17). The Bertz CT molecular complexity index is 421. The van der Waals surface area contributed by atoms with Gasteiger partial charge in [-0.15, -0.1) is 0 Å². The SMILES string of the molecule is NC(=S)c1ccc(NN2CCOCC2)c(Cl)c1. The van der Waals surface area contributed by atoms with Crippen LogP contribution in [0, 0.1) is 0 Å². The number of halogens is 1. The van der Waals surface area contributed by atoms with Crippen LogP contribution in [0.2, 0.25) is 5.02 Å². The van der Waals surface area contributed by atoms with E-state index in [2.05, 4.69) is 10.4 Å². The molecule has 0 aliphatic carbocycles. The van der Waals surface area contributed by atoms with E-state index in [4.69, 9.17) is 34.3 Å². The molecule has 92 valence electrons. The lowest BCUT2D eigenvalue weighted by Gasteiger charge is -2.28. The van der Waals surface area contributed by atoms with E-state index in [0.29, 0.717) is 10.0 Å². The summed E-state index contributed by atoms with van der Waals surface area (Å²) in [6.07, 6.45) is 0. The van der Waals surface area contributed by atoms with Crippen LogP contribution in [0.15, 0.2) is 18.2 Å². The smallest absolute Gasteiger partial charge is 0.104 e. The summed E-state index contributed by atoms with van der Waals surface area (Å²) in [6.45, 7) is 3.14. The molecule has 1 heterocycles. The van der Waals surface area contributed by atoms with Gasteiger partial charge in [0.25, 0.3) is 0 Å². The Kier molecular flexibility index (Phi) is 4.17. The topological polar surface area (TPSA) is 50.5 Å². The van der Waals surface area contributed by atoms with Crippen molar-refractivity contribution < 1.29 is 4.74 Å². The highest BCUT2D eigenvalue weighted by Crippen LogP contribution is 2.23. The van der Waals surface area contributed by atoms with Gasteiger partial charge in [-0.05, 0) is 18.2 Å². The number of hydrogen-bond acceptors (Lipinski definition) is 4. The second kappa shape index (κ2) is 5.64. The number of hydrogen-bond donors (Lipinski definition) is 2. The van der Waals surface area contributed by atoms with Gasteiger partial charge in [-0.1, -0.05) is 23.8 Å². The van der Waals surface area contributed by atoms with Crippen LogP contribution in [0.1, 0.15) is 5.56 Å². The monoisotopic (exact) mass is 271 g/mol. The number of nitrogens with zero attached hydrogens (tertiary/aromatic N) is 1. The molecule has 1 aliphatic heterocycles. The van der Waals surface area contributed by atoms with Crippen molar-refractivity contribution in [1.29, 1.82) is 0 Å². The fraction of sp³-hybridized carbons (Fsp3) is 0.364. The van der Waals surface area contributed by atoms with Crippen molar-refractivity contribution in [2.24, 2.45) is 5.73 Å². The molecule has 0 saturated carbocycles. The molecule has 0 radical (unpaired) electrons. The highest BCUT2D eigenvalue weighted by molar-refractivity contribution is 7.80. The van der Waals surface area contributed by atoms with Crippen LogP contribution in [0.4, 0.5) is 5.69 Å². The molecule has 1 aliphatic rings. The molecule has 0 atom stereocenters. The Morgan fingerprint density at radius 1 is 1.41 bits per heavy atom. The molecule has 0 spiro atoms. The molecule has 17 heavy (non-hydrogen) atoms. The van der Waals surface area contributed by atoms with Crippen molar-refractivity contribution in [2.45, 2.75) is 0 Å². The zero-order valence-corrected chi connectivity index (χ0v) is 10.9. The lowest BCUT2D eigenvalue weighted by molar-refractivity contribution is 0.0497. The van der Waals surface area contributed by atoms with Gasteiger partial charge in [0, 0.05) is 18.7 Å². The Morgan fingerprint density at radius 2 is 2.12 bits per heavy atom. The third-order valence-corrected chi connectivity index (χ3v) is 3.09. The third kappa shape index (κ3) is 3.29. The minimum atomic E-state index is 0.352. The number of hydrazine groups is 1. The molecular formula is C11H14ClN3OS. The van der Waals surface area contributed by atoms with Gasteiger partial charge in [0.15, 0.2) is 0 Å². The van der Waals surface area contributed by atoms with Crippen molar-refractivity contribution in [3.05, 3.63) is 28.8 Å². The maximum Gasteiger partial charge on any atom is 0.104 e. The highest BCUT2D eigenvalue weighted by Gasteiger charge is 2.11. The van der Waals surface area contributed by atoms with E-state index in [1.807, 2.05) is 12.1 Å². The first kappa shape index (κ1) is 12.6. The van der Waals surface area contributed by atoms with E-state index < -0.39 is 0 Å². The minimum absolute atomic E-state index is 0.352. The van der Waals surface area contributed by atoms with E-state index in [0.717, 1.165) is 37.6 Å². The van der Waals surface area contributed by atoms with E-state index in [1.54, 1.807) is 6.07 Å². The van der Waals surface area contributed by atoms with Crippen molar-refractivity contribution in [3.8, 4) is 0 Å². The van der Waals surface area contributed by atoms with Crippen LogP contribution in [0.3, 0.4) is 0 Å². The number of ether oxygens (including phenoxy) is 1. The van der Waals surface area contributed by atoms with Gasteiger partial charge in [0.1, 0.15) is 4.99 Å². The molecule has 0 aromatic heterocycles. The van der Waals surface area contributed by atoms with Gasteiger partial charge in [-0.2, -0.15) is 0 Å². The maximum atomic E-state index is 6.16. The first-order valence-electron chi connectivity index (χ1n) is 5.35. The molecule has 3 N–H and O–H groups in total. The number of morpholine rings is 1. The van der Waals surface area contributed by atoms with Gasteiger partial charge in [0.2, 0.25) is 0 Å². The Balaban J connectivity index is 2.08. The minimum Gasteiger partial charge on any atom is -0.389 e. The third-order valence-electron chi connectivity index (χ3n) is 2.54. The zero-order valence-electron chi connectivity index (χ0n) is 9.28. The fourth-order valence-corrected chi connectivity index (χ4v) is 1.95. The van der Waals surface area contributed by atoms with Gasteiger partial charge in [-0.3, -0.25) is 0 Å². The zero-order chi connectivity index (χ0) is 12.3. The van der Waals surface area contributed by atoms with Crippen LogP contribution in [-0.4, -0.2) is 36.3 Å². The van der Waals surface area contributed by atoms with Crippen LogP contribution >= 0.6 is 23.8 Å². The number of benzene rings is 1. The quantitative estimate of drug-likeness (QED) is 0.819. The Hall–Kier alpha value is -0.880. The molecule has 1 aromatic rings. The molecule has 0 bridgehead atoms. The molecule has 1 fully saturated rings. The predicted octanol–water partition coefficient (Wildman–Crippen LogP) is 1.63. The number of nitrogens with one attached hydrogen (secondary N) is 1. The lowest BCUT2D eigenvalue weighted by Crippen LogP contribution is -2.40. The van der Waals surface area contributed by atoms with E-state index in [-0.39, 0.29) is 0 Å². The number of thiocarbonyl (C=S) groups is 1. The number of nitrogens with two attached hydrogens (primary N) is 1. The van der Waals surface area contributed by atoms with Gasteiger partial charge >= 0.3 is 0 Å². The van der Waals surface area contributed by atoms with E-state index in [1.165, 1.54) is 0 Å². The molecule has 0 unspecified atom stereocenters. The summed E-state index contributed by atoms with van der Waals surface area (Å²) in [6, 6.07) is 5.51. The Labute approximate surface area is 111 Å². The van der Waals surface area contributed by atoms with E-state index in [9.17, 15) is 0 Å². The summed E-state index contributed by atoms with van der Waals surface area (Å²) in [5.41, 5.74) is 10.4. The second-order valence-corrected chi connectivity index (χ2v) is 4.62. The van der Waals surface area contributed by atoms with Crippen molar-refractivity contribution in [2.75, 3.05) is 31.7 Å². The first-order valence-corrected chi connectivity index (χ1v) is 6.14. The van der Waals surface area contributed by atoms with Gasteiger partial charge in [0.05, 0.1) is 23.9 Å².